The van der Waals surface area contributed by atoms with Crippen LogP contribution in [0.5, 0.6) is 0 Å². The number of hydrogen-bond donors (Lipinski definition) is 0. The maximum atomic E-state index is 12.5. The number of carbonyl (C=O) groups is 2. The minimum atomic E-state index is -0.110. The molecule has 24 heavy (non-hydrogen) atoms. The lowest BCUT2D eigenvalue weighted by Crippen LogP contribution is -2.57. The monoisotopic (exact) mass is 346 g/mol. The van der Waals surface area contributed by atoms with Crippen LogP contribution >= 0.6 is 11.6 Å². The molecular formula is C17H19ClN4O2. The van der Waals surface area contributed by atoms with Gasteiger partial charge in [0, 0.05) is 35.2 Å². The SMILES string of the molecule is Cc1ccnn1CC(=O)N1CC(=O)N(c2cccc(Cl)c2)C[C@H]1C. The highest BCUT2D eigenvalue weighted by Gasteiger charge is 2.33. The zero-order valence-corrected chi connectivity index (χ0v) is 14.4. The molecule has 1 aromatic heterocycles. The van der Waals surface area contributed by atoms with E-state index in [-0.39, 0.29) is 30.9 Å². The standard InChI is InChI=1S/C17H19ClN4O2/c1-12-6-7-19-22(12)11-17(24)20-10-16(23)21(9-13(20)2)15-5-3-4-14(18)8-15/h3-8,13H,9-11H2,1-2H3/t13-/m1/s1. The Morgan fingerprint density at radius 2 is 2.17 bits per heavy atom. The lowest BCUT2D eigenvalue weighted by Gasteiger charge is -2.39. The summed E-state index contributed by atoms with van der Waals surface area (Å²) < 4.78 is 1.64. The fourth-order valence-corrected chi connectivity index (χ4v) is 3.05. The Hall–Kier alpha value is -2.34. The van der Waals surface area contributed by atoms with E-state index >= 15 is 0 Å². The highest BCUT2D eigenvalue weighted by Crippen LogP contribution is 2.23. The van der Waals surface area contributed by atoms with Gasteiger partial charge in [0.05, 0.1) is 0 Å². The number of rotatable bonds is 3. The molecule has 1 atom stereocenters. The molecule has 0 bridgehead atoms. The van der Waals surface area contributed by atoms with E-state index in [1.165, 1.54) is 0 Å². The highest BCUT2D eigenvalue weighted by molar-refractivity contribution is 6.30. The van der Waals surface area contributed by atoms with Crippen molar-refractivity contribution in [2.45, 2.75) is 26.4 Å². The van der Waals surface area contributed by atoms with E-state index in [1.807, 2.05) is 32.0 Å². The molecule has 1 aliphatic heterocycles. The van der Waals surface area contributed by atoms with Crippen LogP contribution in [0.2, 0.25) is 5.02 Å². The minimum Gasteiger partial charge on any atom is -0.327 e. The van der Waals surface area contributed by atoms with E-state index in [9.17, 15) is 9.59 Å². The van der Waals surface area contributed by atoms with Gasteiger partial charge in [0.2, 0.25) is 11.8 Å². The predicted molar refractivity (Wildman–Crippen MR) is 91.9 cm³/mol. The molecule has 1 aromatic carbocycles. The number of aryl methyl sites for hydroxylation is 1. The second-order valence-electron chi connectivity index (χ2n) is 5.99. The van der Waals surface area contributed by atoms with Gasteiger partial charge in [-0.15, -0.1) is 0 Å². The normalized spacial score (nSPS) is 18.1. The Morgan fingerprint density at radius 3 is 2.83 bits per heavy atom. The Kier molecular flexibility index (Phi) is 4.57. The van der Waals surface area contributed by atoms with Crippen molar-refractivity contribution < 1.29 is 9.59 Å². The van der Waals surface area contributed by atoms with Gasteiger partial charge in [-0.25, -0.2) is 0 Å². The summed E-state index contributed by atoms with van der Waals surface area (Å²) in [4.78, 5) is 28.3. The average molecular weight is 347 g/mol. The number of benzene rings is 1. The molecule has 1 saturated heterocycles. The summed E-state index contributed by atoms with van der Waals surface area (Å²) in [6.07, 6.45) is 1.66. The number of carbonyl (C=O) groups excluding carboxylic acids is 2. The van der Waals surface area contributed by atoms with Gasteiger partial charge in [-0.2, -0.15) is 5.10 Å². The van der Waals surface area contributed by atoms with Crippen molar-refractivity contribution in [2.75, 3.05) is 18.0 Å². The van der Waals surface area contributed by atoms with E-state index in [4.69, 9.17) is 11.6 Å². The first-order valence-electron chi connectivity index (χ1n) is 7.79. The minimum absolute atomic E-state index is 0.0623. The number of halogens is 1. The summed E-state index contributed by atoms with van der Waals surface area (Å²) in [6.45, 7) is 4.49. The van der Waals surface area contributed by atoms with Crippen LogP contribution in [0.25, 0.3) is 0 Å². The van der Waals surface area contributed by atoms with E-state index in [2.05, 4.69) is 5.10 Å². The van der Waals surface area contributed by atoms with Crippen LogP contribution in [0.1, 0.15) is 12.6 Å². The fourth-order valence-electron chi connectivity index (χ4n) is 2.86. The third-order valence-electron chi connectivity index (χ3n) is 4.24. The lowest BCUT2D eigenvalue weighted by atomic mass is 10.1. The number of nitrogens with zero attached hydrogens (tertiary/aromatic N) is 4. The van der Waals surface area contributed by atoms with Gasteiger partial charge >= 0.3 is 0 Å². The van der Waals surface area contributed by atoms with E-state index in [0.717, 1.165) is 11.4 Å². The van der Waals surface area contributed by atoms with Crippen LogP contribution in [0.3, 0.4) is 0 Å². The van der Waals surface area contributed by atoms with Gasteiger partial charge in [-0.05, 0) is 38.1 Å². The van der Waals surface area contributed by atoms with Gasteiger partial charge in [0.15, 0.2) is 0 Å². The molecule has 3 rings (SSSR count). The third kappa shape index (κ3) is 3.28. The Balaban J connectivity index is 1.72. The zero-order valence-electron chi connectivity index (χ0n) is 13.6. The van der Waals surface area contributed by atoms with E-state index < -0.39 is 0 Å². The molecular weight excluding hydrogens is 328 g/mol. The van der Waals surface area contributed by atoms with Crippen molar-refractivity contribution in [1.29, 1.82) is 0 Å². The average Bonchev–Trinajstić information content (AvgIpc) is 2.94. The first-order chi connectivity index (χ1) is 11.5. The van der Waals surface area contributed by atoms with Crippen LogP contribution < -0.4 is 4.90 Å². The van der Waals surface area contributed by atoms with Gasteiger partial charge in [0.1, 0.15) is 13.1 Å². The topological polar surface area (TPSA) is 58.4 Å². The number of aromatic nitrogens is 2. The second-order valence-corrected chi connectivity index (χ2v) is 6.42. The van der Waals surface area contributed by atoms with Crippen LogP contribution in [-0.4, -0.2) is 45.6 Å². The maximum Gasteiger partial charge on any atom is 0.246 e. The molecule has 0 spiro atoms. The fraction of sp³-hybridized carbons (Fsp3) is 0.353. The summed E-state index contributed by atoms with van der Waals surface area (Å²) in [5.41, 5.74) is 1.68. The first-order valence-corrected chi connectivity index (χ1v) is 8.17. The van der Waals surface area contributed by atoms with Crippen molar-refractivity contribution in [3.8, 4) is 0 Å². The van der Waals surface area contributed by atoms with Crippen LogP contribution in [0.15, 0.2) is 36.5 Å². The molecule has 0 aliphatic carbocycles. The van der Waals surface area contributed by atoms with E-state index in [1.54, 1.807) is 32.8 Å². The van der Waals surface area contributed by atoms with Gasteiger partial charge in [0.25, 0.3) is 0 Å². The second kappa shape index (κ2) is 6.65. The first kappa shape index (κ1) is 16.5. The van der Waals surface area contributed by atoms with Crippen LogP contribution in [0.4, 0.5) is 5.69 Å². The van der Waals surface area contributed by atoms with Gasteiger partial charge < -0.3 is 9.80 Å². The third-order valence-corrected chi connectivity index (χ3v) is 4.47. The van der Waals surface area contributed by atoms with Crippen molar-refractivity contribution >= 4 is 29.1 Å². The Morgan fingerprint density at radius 1 is 1.38 bits per heavy atom. The molecule has 7 heteroatoms. The summed E-state index contributed by atoms with van der Waals surface area (Å²) in [5.74, 6) is -0.214. The molecule has 0 saturated carbocycles. The largest absolute Gasteiger partial charge is 0.327 e. The summed E-state index contributed by atoms with van der Waals surface area (Å²) in [5, 5.41) is 4.71. The highest BCUT2D eigenvalue weighted by atomic mass is 35.5. The van der Waals surface area contributed by atoms with Crippen LogP contribution in [-0.2, 0) is 16.1 Å². The number of amides is 2. The van der Waals surface area contributed by atoms with Crippen LogP contribution in [0, 0.1) is 6.92 Å². The number of hydrogen-bond acceptors (Lipinski definition) is 3. The Bertz CT molecular complexity index is 773. The van der Waals surface area contributed by atoms with Crippen molar-refractivity contribution in [3.63, 3.8) is 0 Å². The van der Waals surface area contributed by atoms with Crippen molar-refractivity contribution in [2.24, 2.45) is 0 Å². The molecule has 126 valence electrons. The molecule has 1 aliphatic rings. The quantitative estimate of drug-likeness (QED) is 0.855. The smallest absolute Gasteiger partial charge is 0.246 e. The predicted octanol–water partition coefficient (Wildman–Crippen LogP) is 2.11. The van der Waals surface area contributed by atoms with Gasteiger partial charge in [-0.1, -0.05) is 17.7 Å². The van der Waals surface area contributed by atoms with Crippen molar-refractivity contribution in [1.82, 2.24) is 14.7 Å². The summed E-state index contributed by atoms with van der Waals surface area (Å²) in [7, 11) is 0. The summed E-state index contributed by atoms with van der Waals surface area (Å²) in [6, 6.07) is 8.96. The van der Waals surface area contributed by atoms with Crippen molar-refractivity contribution in [3.05, 3.63) is 47.2 Å². The molecule has 1 fully saturated rings. The maximum absolute atomic E-state index is 12.5. The lowest BCUT2D eigenvalue weighted by molar-refractivity contribution is -0.140. The number of anilines is 1. The molecule has 2 amide bonds. The van der Waals surface area contributed by atoms with Gasteiger partial charge in [-0.3, -0.25) is 14.3 Å². The number of piperazine rings is 1. The molecule has 0 unspecified atom stereocenters. The summed E-state index contributed by atoms with van der Waals surface area (Å²) >= 11 is 6.01. The molecule has 6 nitrogen and oxygen atoms in total. The Labute approximate surface area is 145 Å². The molecule has 2 aromatic rings. The molecule has 0 N–H and O–H groups in total. The zero-order chi connectivity index (χ0) is 17.3. The van der Waals surface area contributed by atoms with E-state index in [0.29, 0.717) is 11.6 Å². The molecule has 2 heterocycles. The molecule has 0 radical (unpaired) electrons.